The van der Waals surface area contributed by atoms with Crippen LogP contribution in [-0.4, -0.2) is 18.4 Å². The summed E-state index contributed by atoms with van der Waals surface area (Å²) in [5, 5.41) is 0. The minimum absolute atomic E-state index is 0.201. The number of para-hydroxylation sites is 1. The molecule has 28 heavy (non-hydrogen) atoms. The number of rotatable bonds is 4. The van der Waals surface area contributed by atoms with Gasteiger partial charge in [-0.05, 0) is 58.4 Å². The van der Waals surface area contributed by atoms with Crippen molar-refractivity contribution < 1.29 is 23.8 Å². The van der Waals surface area contributed by atoms with Crippen molar-refractivity contribution in [2.45, 2.75) is 34.6 Å². The van der Waals surface area contributed by atoms with Gasteiger partial charge in [-0.25, -0.2) is 0 Å². The molecule has 2 aromatic rings. The average molecular weight is 380 g/mol. The van der Waals surface area contributed by atoms with Crippen LogP contribution >= 0.6 is 0 Å². The minimum atomic E-state index is -0.627. The second-order valence-electron chi connectivity index (χ2n) is 7.66. The fourth-order valence-corrected chi connectivity index (χ4v) is 2.82. The number of aryl methyl sites for hydroxylation is 1. The van der Waals surface area contributed by atoms with E-state index in [1.165, 1.54) is 0 Å². The molecule has 0 atom stereocenters. The number of hydrogen-bond acceptors (Lipinski definition) is 5. The van der Waals surface area contributed by atoms with Crippen molar-refractivity contribution in [3.63, 3.8) is 0 Å². The fourth-order valence-electron chi connectivity index (χ4n) is 2.82. The molecule has 0 saturated heterocycles. The molecule has 146 valence electrons. The highest BCUT2D eigenvalue weighted by molar-refractivity contribution is 6.15. The highest BCUT2D eigenvalue weighted by atomic mass is 16.5. The van der Waals surface area contributed by atoms with E-state index in [9.17, 15) is 9.59 Å². The second kappa shape index (κ2) is 7.50. The average Bonchev–Trinajstić information content (AvgIpc) is 2.92. The van der Waals surface area contributed by atoms with Crippen molar-refractivity contribution >= 4 is 17.8 Å². The Kier molecular flexibility index (Phi) is 5.27. The Morgan fingerprint density at radius 2 is 1.89 bits per heavy atom. The van der Waals surface area contributed by atoms with Gasteiger partial charge in [-0.1, -0.05) is 18.2 Å². The van der Waals surface area contributed by atoms with Gasteiger partial charge in [0.15, 0.2) is 5.76 Å². The van der Waals surface area contributed by atoms with Crippen LogP contribution < -0.4 is 14.2 Å². The molecular weight excluding hydrogens is 356 g/mol. The molecule has 1 aliphatic heterocycles. The molecule has 0 radical (unpaired) electrons. The van der Waals surface area contributed by atoms with Crippen LogP contribution in [0.25, 0.3) is 6.08 Å². The summed E-state index contributed by atoms with van der Waals surface area (Å²) in [4.78, 5) is 25.0. The van der Waals surface area contributed by atoms with Crippen molar-refractivity contribution in [1.29, 1.82) is 0 Å². The molecule has 1 heterocycles. The van der Waals surface area contributed by atoms with Crippen LogP contribution in [0.3, 0.4) is 0 Å². The van der Waals surface area contributed by atoms with Crippen molar-refractivity contribution in [1.82, 2.24) is 0 Å². The lowest BCUT2D eigenvalue weighted by Crippen LogP contribution is -2.25. The van der Waals surface area contributed by atoms with Crippen LogP contribution in [0.15, 0.2) is 42.2 Å². The van der Waals surface area contributed by atoms with Gasteiger partial charge in [-0.3, -0.25) is 9.59 Å². The lowest BCUT2D eigenvalue weighted by atomic mass is 9.97. The van der Waals surface area contributed by atoms with Gasteiger partial charge in [-0.2, -0.15) is 0 Å². The maximum Gasteiger partial charge on any atom is 0.316 e. The van der Waals surface area contributed by atoms with Crippen molar-refractivity contribution in [3.8, 4) is 17.2 Å². The number of fused-ring (bicyclic) bond motifs is 1. The highest BCUT2D eigenvalue weighted by Gasteiger charge is 2.31. The molecule has 0 N–H and O–H groups in total. The third-order valence-corrected chi connectivity index (χ3v) is 4.27. The number of esters is 1. The molecule has 5 nitrogen and oxygen atoms in total. The van der Waals surface area contributed by atoms with Gasteiger partial charge in [0.1, 0.15) is 17.2 Å². The SMILES string of the molecule is CCOc1ccccc1/C=C1\Oc2cc(OC(=O)C(C)(C)C)cc(C)c2C1=O. The van der Waals surface area contributed by atoms with E-state index in [2.05, 4.69) is 0 Å². The predicted octanol–water partition coefficient (Wildman–Crippen LogP) is 4.96. The Balaban J connectivity index is 1.93. The van der Waals surface area contributed by atoms with E-state index in [-0.39, 0.29) is 17.5 Å². The standard InChI is InChI=1S/C23H24O5/c1-6-26-17-10-8-7-9-15(17)12-19-21(24)20-14(2)11-16(13-18(20)28-19)27-22(25)23(3,4)5/h7-13H,6H2,1-5H3/b19-12-. The van der Waals surface area contributed by atoms with Crippen LogP contribution in [0.1, 0.15) is 49.2 Å². The van der Waals surface area contributed by atoms with E-state index < -0.39 is 5.41 Å². The van der Waals surface area contributed by atoms with E-state index in [1.54, 1.807) is 45.9 Å². The molecule has 0 fully saturated rings. The number of carbonyl (C=O) groups is 2. The summed E-state index contributed by atoms with van der Waals surface area (Å²) in [7, 11) is 0. The molecule has 0 bridgehead atoms. The third-order valence-electron chi connectivity index (χ3n) is 4.27. The van der Waals surface area contributed by atoms with Gasteiger partial charge in [-0.15, -0.1) is 0 Å². The summed E-state index contributed by atoms with van der Waals surface area (Å²) in [5.41, 5.74) is 1.31. The van der Waals surface area contributed by atoms with E-state index in [0.29, 0.717) is 35.0 Å². The lowest BCUT2D eigenvalue weighted by molar-refractivity contribution is -0.143. The highest BCUT2D eigenvalue weighted by Crippen LogP contribution is 2.38. The number of ketones is 1. The third kappa shape index (κ3) is 3.93. The summed E-state index contributed by atoms with van der Waals surface area (Å²) in [6.45, 7) is 9.58. The van der Waals surface area contributed by atoms with Crippen LogP contribution in [0, 0.1) is 12.3 Å². The van der Waals surface area contributed by atoms with Crippen molar-refractivity contribution in [2.75, 3.05) is 6.61 Å². The van der Waals surface area contributed by atoms with Crippen LogP contribution in [0.4, 0.5) is 0 Å². The van der Waals surface area contributed by atoms with E-state index in [1.807, 2.05) is 31.2 Å². The molecule has 0 spiro atoms. The van der Waals surface area contributed by atoms with Gasteiger partial charge >= 0.3 is 5.97 Å². The summed E-state index contributed by atoms with van der Waals surface area (Å²) < 4.78 is 16.9. The summed E-state index contributed by atoms with van der Waals surface area (Å²) in [6, 6.07) is 10.7. The van der Waals surface area contributed by atoms with Gasteiger partial charge in [0.2, 0.25) is 5.78 Å². The first kappa shape index (κ1) is 19.7. The Morgan fingerprint density at radius 1 is 1.18 bits per heavy atom. The molecule has 2 aromatic carbocycles. The maximum absolute atomic E-state index is 12.8. The topological polar surface area (TPSA) is 61.8 Å². The number of Topliss-reactive ketones (excluding diaryl/α,β-unsaturated/α-hetero) is 1. The van der Waals surface area contributed by atoms with Crippen LogP contribution in [-0.2, 0) is 4.79 Å². The zero-order valence-electron chi connectivity index (χ0n) is 16.8. The lowest BCUT2D eigenvalue weighted by Gasteiger charge is -2.16. The van der Waals surface area contributed by atoms with Crippen molar-refractivity contribution in [3.05, 3.63) is 58.8 Å². The smallest absolute Gasteiger partial charge is 0.316 e. The first-order valence-corrected chi connectivity index (χ1v) is 9.23. The van der Waals surface area contributed by atoms with Crippen LogP contribution in [0.5, 0.6) is 17.2 Å². The van der Waals surface area contributed by atoms with Gasteiger partial charge < -0.3 is 14.2 Å². The molecular formula is C23H24O5. The Labute approximate surface area is 164 Å². The number of ether oxygens (including phenoxy) is 3. The minimum Gasteiger partial charge on any atom is -0.493 e. The number of benzene rings is 2. The molecule has 0 aliphatic carbocycles. The number of carbonyl (C=O) groups excluding carboxylic acids is 2. The summed E-state index contributed by atoms with van der Waals surface area (Å²) >= 11 is 0. The number of hydrogen-bond donors (Lipinski definition) is 0. The predicted molar refractivity (Wildman–Crippen MR) is 107 cm³/mol. The molecule has 1 aliphatic rings. The van der Waals surface area contributed by atoms with Gasteiger partial charge in [0.05, 0.1) is 17.6 Å². The molecule has 0 unspecified atom stereocenters. The van der Waals surface area contributed by atoms with E-state index in [0.717, 1.165) is 5.56 Å². The Bertz CT molecular complexity index is 963. The normalized spacial score (nSPS) is 14.6. The molecule has 0 amide bonds. The Hall–Kier alpha value is -3.08. The molecule has 0 saturated carbocycles. The first-order valence-electron chi connectivity index (χ1n) is 9.23. The zero-order chi connectivity index (χ0) is 20.5. The monoisotopic (exact) mass is 380 g/mol. The molecule has 0 aromatic heterocycles. The number of allylic oxidation sites excluding steroid dienone is 1. The quantitative estimate of drug-likeness (QED) is 0.426. The maximum atomic E-state index is 12.8. The summed E-state index contributed by atoms with van der Waals surface area (Å²) in [5.74, 6) is 1.10. The second-order valence-corrected chi connectivity index (χ2v) is 7.66. The molecule has 5 heteroatoms. The largest absolute Gasteiger partial charge is 0.493 e. The Morgan fingerprint density at radius 3 is 2.57 bits per heavy atom. The molecule has 3 rings (SSSR count). The fraction of sp³-hybridized carbons (Fsp3) is 0.304. The summed E-state index contributed by atoms with van der Waals surface area (Å²) in [6.07, 6.45) is 1.67. The van der Waals surface area contributed by atoms with Crippen LogP contribution in [0.2, 0.25) is 0 Å². The zero-order valence-corrected chi connectivity index (χ0v) is 16.8. The van der Waals surface area contributed by atoms with Gasteiger partial charge in [0.25, 0.3) is 0 Å². The van der Waals surface area contributed by atoms with Crippen molar-refractivity contribution in [2.24, 2.45) is 5.41 Å². The van der Waals surface area contributed by atoms with Gasteiger partial charge in [0, 0.05) is 11.6 Å². The van der Waals surface area contributed by atoms with E-state index >= 15 is 0 Å². The first-order chi connectivity index (χ1) is 13.2. The van der Waals surface area contributed by atoms with E-state index in [4.69, 9.17) is 14.2 Å².